The van der Waals surface area contributed by atoms with Gasteiger partial charge in [0.05, 0.1) is 18.0 Å². The number of aryl methyl sites for hydroxylation is 1. The lowest BCUT2D eigenvalue weighted by molar-refractivity contribution is -0.128. The van der Waals surface area contributed by atoms with E-state index >= 15 is 0 Å². The minimum atomic E-state index is -3.53. The van der Waals surface area contributed by atoms with Crippen molar-refractivity contribution in [1.29, 1.82) is 0 Å². The number of hydrogen-bond acceptors (Lipinski definition) is 6. The second-order valence-electron chi connectivity index (χ2n) is 11.6. The molecular formula is C26H38N2O5S. The Hall–Kier alpha value is -1.48. The van der Waals surface area contributed by atoms with Gasteiger partial charge in [-0.3, -0.25) is 4.79 Å². The lowest BCUT2D eigenvalue weighted by Crippen LogP contribution is -2.49. The molecule has 0 amide bonds. The number of ketones is 1. The summed E-state index contributed by atoms with van der Waals surface area (Å²) in [6.07, 6.45) is 3.84. The van der Waals surface area contributed by atoms with E-state index in [9.17, 15) is 18.3 Å². The number of rotatable bonds is 5. The monoisotopic (exact) mass is 490 g/mol. The topological polar surface area (TPSA) is 110 Å². The highest BCUT2D eigenvalue weighted by molar-refractivity contribution is 7.89. The van der Waals surface area contributed by atoms with Crippen molar-refractivity contribution in [1.82, 2.24) is 4.31 Å². The molecule has 3 fully saturated rings. The quantitative estimate of drug-likeness (QED) is 0.656. The molecule has 5 rings (SSSR count). The Morgan fingerprint density at radius 2 is 1.88 bits per heavy atom. The number of fused-ring (bicyclic) bond motifs is 3. The highest BCUT2D eigenvalue weighted by Crippen LogP contribution is 2.64. The number of Topliss-reactive ketones (excluding diaryl/α,β-unsaturated/α-hetero) is 1. The second kappa shape index (κ2) is 8.29. The number of phenols is 1. The van der Waals surface area contributed by atoms with E-state index in [1.165, 1.54) is 0 Å². The van der Waals surface area contributed by atoms with E-state index in [4.69, 9.17) is 10.5 Å². The highest BCUT2D eigenvalue weighted by Gasteiger charge is 2.65. The van der Waals surface area contributed by atoms with Gasteiger partial charge in [0.2, 0.25) is 10.0 Å². The summed E-state index contributed by atoms with van der Waals surface area (Å²) >= 11 is 0. The summed E-state index contributed by atoms with van der Waals surface area (Å²) < 4.78 is 34.9. The van der Waals surface area contributed by atoms with Crippen molar-refractivity contribution in [3.05, 3.63) is 28.8 Å². The molecule has 2 saturated carbocycles. The number of carbonyl (C=O) groups is 1. The number of nitrogens with two attached hydrogens (primary N) is 1. The summed E-state index contributed by atoms with van der Waals surface area (Å²) in [6, 6.07) is 3.89. The average Bonchev–Trinajstić information content (AvgIpc) is 3.15. The molecule has 4 aliphatic rings. The molecule has 188 valence electrons. The molecule has 1 aromatic carbocycles. The third-order valence-electron chi connectivity index (χ3n) is 9.81. The fourth-order valence-electron chi connectivity index (χ4n) is 7.32. The summed E-state index contributed by atoms with van der Waals surface area (Å²) in [7, 11) is -3.53. The van der Waals surface area contributed by atoms with Crippen molar-refractivity contribution in [3.8, 4) is 5.75 Å². The number of hydrogen-bond donors (Lipinski definition) is 2. The van der Waals surface area contributed by atoms with E-state index in [2.05, 4.69) is 13.8 Å². The first-order valence-corrected chi connectivity index (χ1v) is 14.3. The minimum Gasteiger partial charge on any atom is -0.507 e. The molecule has 7 nitrogen and oxygen atoms in total. The number of ether oxygens (including phenoxy) is 1. The molecule has 1 aromatic rings. The Morgan fingerprint density at radius 3 is 2.47 bits per heavy atom. The Bertz CT molecular complexity index is 1090. The van der Waals surface area contributed by atoms with E-state index in [-0.39, 0.29) is 35.1 Å². The maximum Gasteiger partial charge on any atom is 0.215 e. The molecule has 2 bridgehead atoms. The largest absolute Gasteiger partial charge is 0.507 e. The Morgan fingerprint density at radius 1 is 1.18 bits per heavy atom. The van der Waals surface area contributed by atoms with Crippen molar-refractivity contribution in [2.45, 2.75) is 71.5 Å². The molecule has 0 spiro atoms. The van der Waals surface area contributed by atoms with Crippen LogP contribution >= 0.6 is 0 Å². The predicted molar refractivity (Wildman–Crippen MR) is 130 cm³/mol. The van der Waals surface area contributed by atoms with Gasteiger partial charge in [0.25, 0.3) is 0 Å². The summed E-state index contributed by atoms with van der Waals surface area (Å²) in [5.41, 5.74) is 7.73. The number of phenolic OH excluding ortho intramolecular Hbond substituents is 1. The van der Waals surface area contributed by atoms with Crippen LogP contribution in [0.4, 0.5) is 0 Å². The molecule has 34 heavy (non-hydrogen) atoms. The second-order valence-corrected chi connectivity index (χ2v) is 13.5. The first kappa shape index (κ1) is 24.2. The summed E-state index contributed by atoms with van der Waals surface area (Å²) in [5, 5.41) is 10.7. The molecule has 0 radical (unpaired) electrons. The fourth-order valence-corrected chi connectivity index (χ4v) is 9.57. The molecule has 2 heterocycles. The van der Waals surface area contributed by atoms with Crippen molar-refractivity contribution in [3.63, 3.8) is 0 Å². The molecule has 4 atom stereocenters. The van der Waals surface area contributed by atoms with Crippen LogP contribution in [0.25, 0.3) is 0 Å². The number of aromatic hydroxyl groups is 1. The molecule has 3 N–H and O–H groups in total. The molecule has 2 aliphatic heterocycles. The van der Waals surface area contributed by atoms with Crippen LogP contribution in [-0.4, -0.2) is 55.1 Å². The first-order chi connectivity index (χ1) is 16.0. The van der Waals surface area contributed by atoms with E-state index in [0.29, 0.717) is 63.4 Å². The smallest absolute Gasteiger partial charge is 0.215 e. The van der Waals surface area contributed by atoms with Crippen LogP contribution in [0.2, 0.25) is 0 Å². The van der Waals surface area contributed by atoms with Crippen LogP contribution in [0.1, 0.15) is 68.7 Å². The Labute approximate surface area is 203 Å². The van der Waals surface area contributed by atoms with Gasteiger partial charge in [-0.25, -0.2) is 12.7 Å². The first-order valence-electron chi connectivity index (χ1n) is 12.7. The van der Waals surface area contributed by atoms with Crippen LogP contribution < -0.4 is 5.73 Å². The van der Waals surface area contributed by atoms with E-state index in [0.717, 1.165) is 23.1 Å². The van der Waals surface area contributed by atoms with Gasteiger partial charge < -0.3 is 15.6 Å². The molecule has 1 saturated heterocycles. The molecular weight excluding hydrogens is 452 g/mol. The van der Waals surface area contributed by atoms with Crippen molar-refractivity contribution < 1.29 is 23.1 Å². The van der Waals surface area contributed by atoms with Crippen LogP contribution in [-0.2, 0) is 26.0 Å². The SMILES string of the molecule is Cc1ccc2c(c1O)C[C@@H](C1CCN(S(=O)(=O)C[C@@]34CCC(CC3=O)C4(C)C)CC1)O[C@H]2CN. The van der Waals surface area contributed by atoms with Gasteiger partial charge >= 0.3 is 0 Å². The van der Waals surface area contributed by atoms with Gasteiger partial charge in [0.1, 0.15) is 11.5 Å². The third-order valence-corrected chi connectivity index (χ3v) is 11.8. The maximum atomic E-state index is 13.5. The van der Waals surface area contributed by atoms with E-state index in [1.807, 2.05) is 19.1 Å². The van der Waals surface area contributed by atoms with Crippen molar-refractivity contribution >= 4 is 15.8 Å². The van der Waals surface area contributed by atoms with Crippen LogP contribution in [0.3, 0.4) is 0 Å². The van der Waals surface area contributed by atoms with Gasteiger partial charge in [-0.05, 0) is 61.0 Å². The minimum absolute atomic E-state index is 0.0529. The highest BCUT2D eigenvalue weighted by atomic mass is 32.2. The summed E-state index contributed by atoms with van der Waals surface area (Å²) in [4.78, 5) is 12.9. The lowest BCUT2D eigenvalue weighted by Gasteiger charge is -2.41. The molecule has 0 aromatic heterocycles. The molecule has 8 heteroatoms. The van der Waals surface area contributed by atoms with Gasteiger partial charge in [0.15, 0.2) is 0 Å². The Balaban J connectivity index is 1.28. The maximum absolute atomic E-state index is 13.5. The van der Waals surface area contributed by atoms with Gasteiger partial charge in [-0.15, -0.1) is 0 Å². The van der Waals surface area contributed by atoms with E-state index < -0.39 is 15.4 Å². The van der Waals surface area contributed by atoms with Crippen LogP contribution in [0, 0.1) is 29.6 Å². The number of piperidine rings is 1. The predicted octanol–water partition coefficient (Wildman–Crippen LogP) is 3.08. The summed E-state index contributed by atoms with van der Waals surface area (Å²) in [5.74, 6) is 0.921. The number of carbonyl (C=O) groups excluding carboxylic acids is 1. The zero-order valence-electron chi connectivity index (χ0n) is 20.5. The lowest BCUT2D eigenvalue weighted by atomic mass is 9.70. The third kappa shape index (κ3) is 3.55. The molecule has 2 aliphatic carbocycles. The Kier molecular flexibility index (Phi) is 5.90. The number of benzene rings is 1. The van der Waals surface area contributed by atoms with Crippen LogP contribution in [0.15, 0.2) is 12.1 Å². The normalized spacial score (nSPS) is 33.9. The summed E-state index contributed by atoms with van der Waals surface area (Å²) in [6.45, 7) is 7.29. The van der Waals surface area contributed by atoms with Crippen molar-refractivity contribution in [2.24, 2.45) is 28.4 Å². The number of sulfonamides is 1. The van der Waals surface area contributed by atoms with Crippen LogP contribution in [0.5, 0.6) is 5.75 Å². The van der Waals surface area contributed by atoms with Gasteiger partial charge in [0, 0.05) is 43.5 Å². The van der Waals surface area contributed by atoms with Gasteiger partial charge in [-0.2, -0.15) is 0 Å². The zero-order valence-corrected chi connectivity index (χ0v) is 21.4. The van der Waals surface area contributed by atoms with Crippen molar-refractivity contribution in [2.75, 3.05) is 25.4 Å². The standard InChI is InChI=1S/C26H38N2O5S/c1-16-4-5-19-20(24(16)30)13-21(33-22(19)14-27)17-7-10-28(11-8-17)34(31,32)15-26-9-6-18(12-23(26)29)25(26,2)3/h4-5,17-18,21-22,30H,6-15,27H2,1-3H3/t18?,21-,22-,26-/m0/s1. The molecule has 1 unspecified atom stereocenters. The van der Waals surface area contributed by atoms with Gasteiger partial charge in [-0.1, -0.05) is 26.0 Å². The fraction of sp³-hybridized carbons (Fsp3) is 0.731. The average molecular weight is 491 g/mol. The van der Waals surface area contributed by atoms with E-state index in [1.54, 1.807) is 4.31 Å². The zero-order chi connectivity index (χ0) is 24.5. The number of nitrogens with zero attached hydrogens (tertiary/aromatic N) is 1.